The lowest BCUT2D eigenvalue weighted by atomic mass is 9.98. The molecule has 0 aliphatic carbocycles. The topological polar surface area (TPSA) is 62.3 Å². The predicted molar refractivity (Wildman–Crippen MR) is 110 cm³/mol. The van der Waals surface area contributed by atoms with E-state index in [0.29, 0.717) is 18.9 Å². The molecule has 142 valence electrons. The van der Waals surface area contributed by atoms with E-state index in [0.717, 1.165) is 22.2 Å². The molecule has 1 unspecified atom stereocenters. The first kappa shape index (κ1) is 18.2. The van der Waals surface area contributed by atoms with Crippen LogP contribution in [0.25, 0.3) is 10.9 Å². The molecule has 0 saturated carbocycles. The van der Waals surface area contributed by atoms with Crippen LogP contribution in [-0.4, -0.2) is 28.2 Å². The van der Waals surface area contributed by atoms with Gasteiger partial charge in [-0.3, -0.25) is 14.6 Å². The third-order valence-corrected chi connectivity index (χ3v) is 5.23. The largest absolute Gasteiger partial charge is 0.326 e. The Balaban J connectivity index is 1.63. The Morgan fingerprint density at radius 2 is 1.82 bits per heavy atom. The first-order valence-electron chi connectivity index (χ1n) is 9.58. The van der Waals surface area contributed by atoms with E-state index < -0.39 is 6.04 Å². The molecule has 1 aromatic heterocycles. The zero-order valence-corrected chi connectivity index (χ0v) is 16.1. The molecule has 2 heterocycles. The third kappa shape index (κ3) is 3.48. The number of nitrogens with one attached hydrogen (secondary N) is 1. The van der Waals surface area contributed by atoms with Gasteiger partial charge in [0.2, 0.25) is 5.91 Å². The van der Waals surface area contributed by atoms with Crippen molar-refractivity contribution < 1.29 is 9.59 Å². The van der Waals surface area contributed by atoms with Crippen molar-refractivity contribution in [1.29, 1.82) is 0 Å². The van der Waals surface area contributed by atoms with Crippen molar-refractivity contribution in [1.82, 2.24) is 9.88 Å². The van der Waals surface area contributed by atoms with Crippen molar-refractivity contribution in [2.24, 2.45) is 0 Å². The monoisotopic (exact) mass is 373 g/mol. The minimum absolute atomic E-state index is 0.00147. The summed E-state index contributed by atoms with van der Waals surface area (Å²) in [5.74, 6) is 0.234. The molecule has 4 rings (SSSR count). The number of rotatable bonds is 5. The van der Waals surface area contributed by atoms with E-state index in [1.165, 1.54) is 5.56 Å². The van der Waals surface area contributed by atoms with Gasteiger partial charge in [-0.2, -0.15) is 0 Å². The van der Waals surface area contributed by atoms with Gasteiger partial charge in [0.05, 0.1) is 5.52 Å². The van der Waals surface area contributed by atoms with E-state index in [1.54, 1.807) is 11.1 Å². The summed E-state index contributed by atoms with van der Waals surface area (Å²) in [6.07, 6.45) is 2.23. The summed E-state index contributed by atoms with van der Waals surface area (Å²) < 4.78 is 0. The minimum Gasteiger partial charge on any atom is -0.326 e. The van der Waals surface area contributed by atoms with Crippen LogP contribution < -0.4 is 5.32 Å². The van der Waals surface area contributed by atoms with Crippen LogP contribution in [0, 0.1) is 0 Å². The number of nitrogens with zero attached hydrogens (tertiary/aromatic N) is 2. The molecule has 5 nitrogen and oxygen atoms in total. The molecule has 0 spiro atoms. The fraction of sp³-hybridized carbons (Fsp3) is 0.261. The molecule has 1 N–H and O–H groups in total. The lowest BCUT2D eigenvalue weighted by Gasteiger charge is -2.37. The first-order valence-corrected chi connectivity index (χ1v) is 9.58. The molecule has 0 bridgehead atoms. The maximum Gasteiger partial charge on any atom is 0.251 e. The molecule has 1 atom stereocenters. The molecular weight excluding hydrogens is 350 g/mol. The van der Waals surface area contributed by atoms with Gasteiger partial charge in [-0.15, -0.1) is 0 Å². The zero-order chi connectivity index (χ0) is 19.7. The maximum absolute atomic E-state index is 13.1. The highest BCUT2D eigenvalue weighted by Crippen LogP contribution is 2.30. The van der Waals surface area contributed by atoms with E-state index in [4.69, 9.17) is 0 Å². The summed E-state index contributed by atoms with van der Waals surface area (Å²) in [4.78, 5) is 31.2. The van der Waals surface area contributed by atoms with E-state index in [1.807, 2.05) is 54.6 Å². The van der Waals surface area contributed by atoms with Crippen molar-refractivity contribution in [3.63, 3.8) is 0 Å². The lowest BCUT2D eigenvalue weighted by molar-refractivity contribution is -0.147. The molecule has 3 aromatic rings. The quantitative estimate of drug-likeness (QED) is 0.680. The Morgan fingerprint density at radius 3 is 2.46 bits per heavy atom. The number of pyridine rings is 1. The molecular formula is C23H23N3O2. The summed E-state index contributed by atoms with van der Waals surface area (Å²) in [6.45, 7) is 4.86. The van der Waals surface area contributed by atoms with E-state index in [9.17, 15) is 9.59 Å². The minimum atomic E-state index is -0.643. The molecule has 1 fully saturated rings. The Kier molecular flexibility index (Phi) is 4.82. The normalized spacial score (nSPS) is 14.8. The number of carbonyl (C=O) groups is 2. The Morgan fingerprint density at radius 1 is 1.07 bits per heavy atom. The highest BCUT2D eigenvalue weighted by atomic mass is 16.2. The van der Waals surface area contributed by atoms with Crippen molar-refractivity contribution in [3.8, 4) is 0 Å². The van der Waals surface area contributed by atoms with Gasteiger partial charge >= 0.3 is 0 Å². The summed E-state index contributed by atoms with van der Waals surface area (Å²) in [5, 5.41) is 3.93. The van der Waals surface area contributed by atoms with Gasteiger partial charge in [-0.25, -0.2) is 0 Å². The van der Waals surface area contributed by atoms with Gasteiger partial charge in [-0.05, 0) is 47.4 Å². The van der Waals surface area contributed by atoms with Crippen LogP contribution in [0.1, 0.15) is 43.4 Å². The second-order valence-electron chi connectivity index (χ2n) is 7.46. The average molecular weight is 373 g/mol. The van der Waals surface area contributed by atoms with E-state index >= 15 is 0 Å². The smallest absolute Gasteiger partial charge is 0.251 e. The SMILES string of the molecule is CC(C)c1ccc(NC(=O)C(c2ccc3ncccc3c2)N2CCC2=O)cc1. The number of anilines is 1. The third-order valence-electron chi connectivity index (χ3n) is 5.23. The molecule has 5 heteroatoms. The number of likely N-dealkylation sites (tertiary alicyclic amines) is 1. The highest BCUT2D eigenvalue weighted by molar-refractivity contribution is 5.99. The maximum atomic E-state index is 13.1. The van der Waals surface area contributed by atoms with Crippen LogP contribution in [0.15, 0.2) is 60.8 Å². The summed E-state index contributed by atoms with van der Waals surface area (Å²) in [7, 11) is 0. The fourth-order valence-electron chi connectivity index (χ4n) is 3.50. The van der Waals surface area contributed by atoms with Crippen LogP contribution in [0.4, 0.5) is 5.69 Å². The molecule has 28 heavy (non-hydrogen) atoms. The summed E-state index contributed by atoms with van der Waals surface area (Å²) in [6, 6.07) is 16.8. The molecule has 2 aromatic carbocycles. The van der Waals surface area contributed by atoms with Crippen LogP contribution in [0.3, 0.4) is 0 Å². The van der Waals surface area contributed by atoms with E-state index in [2.05, 4.69) is 24.1 Å². The lowest BCUT2D eigenvalue weighted by Crippen LogP contribution is -2.49. The van der Waals surface area contributed by atoms with E-state index in [-0.39, 0.29) is 11.8 Å². The van der Waals surface area contributed by atoms with Crippen LogP contribution >= 0.6 is 0 Å². The van der Waals surface area contributed by atoms with Gasteiger partial charge in [0.25, 0.3) is 5.91 Å². The van der Waals surface area contributed by atoms with Crippen molar-refractivity contribution in [2.75, 3.05) is 11.9 Å². The van der Waals surface area contributed by atoms with Gasteiger partial charge in [0.1, 0.15) is 6.04 Å². The zero-order valence-electron chi connectivity index (χ0n) is 16.1. The number of hydrogen-bond acceptors (Lipinski definition) is 3. The Bertz CT molecular complexity index is 1030. The summed E-state index contributed by atoms with van der Waals surface area (Å²) >= 11 is 0. The number of benzene rings is 2. The number of hydrogen-bond donors (Lipinski definition) is 1. The molecule has 1 saturated heterocycles. The second kappa shape index (κ2) is 7.43. The van der Waals surface area contributed by atoms with Gasteiger partial charge in [-0.1, -0.05) is 38.1 Å². The molecule has 0 radical (unpaired) electrons. The van der Waals surface area contributed by atoms with Gasteiger partial charge in [0, 0.05) is 30.2 Å². The van der Waals surface area contributed by atoms with Crippen LogP contribution in [0.5, 0.6) is 0 Å². The number of aromatic nitrogens is 1. The van der Waals surface area contributed by atoms with Crippen molar-refractivity contribution in [2.45, 2.75) is 32.2 Å². The van der Waals surface area contributed by atoms with Gasteiger partial charge < -0.3 is 10.2 Å². The Labute approximate surface area is 164 Å². The molecule has 2 amide bonds. The predicted octanol–water partition coefficient (Wildman–Crippen LogP) is 4.27. The molecule has 1 aliphatic rings. The molecule has 1 aliphatic heterocycles. The van der Waals surface area contributed by atoms with Crippen LogP contribution in [0.2, 0.25) is 0 Å². The number of fused-ring (bicyclic) bond motifs is 1. The van der Waals surface area contributed by atoms with Crippen molar-refractivity contribution in [3.05, 3.63) is 71.9 Å². The number of β-lactam (4-membered cyclic amide) rings is 1. The van der Waals surface area contributed by atoms with Crippen LogP contribution in [-0.2, 0) is 9.59 Å². The van der Waals surface area contributed by atoms with Crippen molar-refractivity contribution >= 4 is 28.4 Å². The van der Waals surface area contributed by atoms with Gasteiger partial charge in [0.15, 0.2) is 0 Å². The average Bonchev–Trinajstić information content (AvgIpc) is 2.70. The first-order chi connectivity index (χ1) is 13.5. The fourth-order valence-corrected chi connectivity index (χ4v) is 3.50. The number of carbonyl (C=O) groups excluding carboxylic acids is 2. The summed E-state index contributed by atoms with van der Waals surface area (Å²) in [5.41, 5.74) is 3.61. The standard InChI is InChI=1S/C23H23N3O2/c1-15(2)16-5-8-19(9-6-16)25-23(28)22(26-13-11-21(26)27)18-7-10-20-17(14-18)4-3-12-24-20/h3-10,12,14-15,22H,11,13H2,1-2H3,(H,25,28). The number of amides is 2. The second-order valence-corrected chi connectivity index (χ2v) is 7.46. The Hall–Kier alpha value is -3.21. The highest BCUT2D eigenvalue weighted by Gasteiger charge is 2.36.